The Balaban J connectivity index is 1.89. The molecule has 0 aliphatic carbocycles. The van der Waals surface area contributed by atoms with Crippen LogP contribution in [-0.4, -0.2) is 33.2 Å². The van der Waals surface area contributed by atoms with Crippen LogP contribution in [0.5, 0.6) is 0 Å². The third-order valence-corrected chi connectivity index (χ3v) is 3.67. The largest absolute Gasteiger partial charge is 0.332 e. The predicted octanol–water partition coefficient (Wildman–Crippen LogP) is 1.93. The van der Waals surface area contributed by atoms with E-state index in [2.05, 4.69) is 25.4 Å². The van der Waals surface area contributed by atoms with Gasteiger partial charge in [0.1, 0.15) is 12.0 Å². The number of aromatic nitrogens is 4. The summed E-state index contributed by atoms with van der Waals surface area (Å²) in [5, 5.41) is 6.70. The first kappa shape index (κ1) is 14.0. The minimum Gasteiger partial charge on any atom is -0.332 e. The molecule has 0 saturated carbocycles. The van der Waals surface area contributed by atoms with Crippen LogP contribution in [0.4, 0.5) is 8.78 Å². The third-order valence-electron chi connectivity index (χ3n) is 3.67. The topological polar surface area (TPSA) is 76.7 Å². The van der Waals surface area contributed by atoms with Gasteiger partial charge >= 0.3 is 5.92 Å². The minimum atomic E-state index is -3.12. The molecule has 8 heteroatoms. The Bertz CT molecular complexity index is 625. The van der Waals surface area contributed by atoms with E-state index in [1.54, 1.807) is 13.1 Å². The summed E-state index contributed by atoms with van der Waals surface area (Å²) in [5.41, 5.74) is 1.11. The lowest BCUT2D eigenvalue weighted by Gasteiger charge is -2.27. The summed E-state index contributed by atoms with van der Waals surface area (Å²) in [4.78, 5) is 11.7. The molecular formula is C13H15F2N5O. The average Bonchev–Trinajstić information content (AvgIpc) is 2.99. The number of hydrogen-bond acceptors (Lipinski definition) is 6. The van der Waals surface area contributed by atoms with Crippen molar-refractivity contribution in [2.45, 2.75) is 25.7 Å². The summed E-state index contributed by atoms with van der Waals surface area (Å²) in [6.07, 6.45) is 3.67. The monoisotopic (exact) mass is 295 g/mol. The molecule has 0 bridgehead atoms. The summed E-state index contributed by atoms with van der Waals surface area (Å²) in [5.74, 6) is -4.46. The fraction of sp³-hybridized carbons (Fsp3) is 0.538. The maximum absolute atomic E-state index is 14.4. The zero-order chi connectivity index (χ0) is 14.9. The van der Waals surface area contributed by atoms with Crippen molar-refractivity contribution in [3.05, 3.63) is 24.0 Å². The van der Waals surface area contributed by atoms with Crippen molar-refractivity contribution >= 4 is 0 Å². The van der Waals surface area contributed by atoms with Crippen molar-refractivity contribution in [1.29, 1.82) is 0 Å². The number of halogens is 2. The van der Waals surface area contributed by atoms with E-state index in [9.17, 15) is 8.78 Å². The van der Waals surface area contributed by atoms with Gasteiger partial charge in [-0.1, -0.05) is 5.16 Å². The van der Waals surface area contributed by atoms with E-state index in [1.165, 1.54) is 6.33 Å². The van der Waals surface area contributed by atoms with E-state index in [1.807, 2.05) is 0 Å². The molecule has 0 unspecified atom stereocenters. The lowest BCUT2D eigenvalue weighted by Crippen LogP contribution is -2.36. The van der Waals surface area contributed by atoms with Crippen LogP contribution in [0.2, 0.25) is 0 Å². The van der Waals surface area contributed by atoms with Crippen LogP contribution in [-0.2, 0) is 5.92 Å². The molecule has 3 rings (SSSR count). The van der Waals surface area contributed by atoms with Crippen molar-refractivity contribution in [2.75, 3.05) is 13.1 Å². The molecule has 2 aromatic heterocycles. The molecule has 21 heavy (non-hydrogen) atoms. The van der Waals surface area contributed by atoms with E-state index >= 15 is 0 Å². The van der Waals surface area contributed by atoms with Crippen LogP contribution in [0.25, 0.3) is 11.5 Å². The molecule has 0 amide bonds. The molecule has 0 atom stereocenters. The first-order chi connectivity index (χ1) is 10.1. The van der Waals surface area contributed by atoms with Gasteiger partial charge in [-0.2, -0.15) is 13.8 Å². The molecule has 0 aromatic carbocycles. The van der Waals surface area contributed by atoms with Gasteiger partial charge in [-0.3, -0.25) is 0 Å². The highest BCUT2D eigenvalue weighted by molar-refractivity contribution is 5.52. The van der Waals surface area contributed by atoms with Gasteiger partial charge in [0.05, 0.1) is 0 Å². The van der Waals surface area contributed by atoms with E-state index in [-0.39, 0.29) is 5.82 Å². The van der Waals surface area contributed by atoms with Crippen molar-refractivity contribution in [3.8, 4) is 11.5 Å². The number of hydrogen-bond donors (Lipinski definition) is 1. The first-order valence-corrected chi connectivity index (χ1v) is 6.78. The Labute approximate surface area is 120 Å². The predicted molar refractivity (Wildman–Crippen MR) is 69.5 cm³/mol. The summed E-state index contributed by atoms with van der Waals surface area (Å²) >= 11 is 0. The summed E-state index contributed by atoms with van der Waals surface area (Å²) in [7, 11) is 0. The van der Waals surface area contributed by atoms with E-state index in [4.69, 9.17) is 4.52 Å². The second-order valence-corrected chi connectivity index (χ2v) is 5.12. The number of nitrogens with one attached hydrogen (secondary N) is 1. The molecule has 3 heterocycles. The zero-order valence-electron chi connectivity index (χ0n) is 11.5. The molecule has 1 saturated heterocycles. The second-order valence-electron chi connectivity index (χ2n) is 5.12. The van der Waals surface area contributed by atoms with Gasteiger partial charge in [-0.05, 0) is 38.4 Å². The fourth-order valence-electron chi connectivity index (χ4n) is 2.45. The van der Waals surface area contributed by atoms with Crippen molar-refractivity contribution in [2.24, 2.45) is 5.92 Å². The van der Waals surface area contributed by atoms with Crippen molar-refractivity contribution in [1.82, 2.24) is 25.4 Å². The van der Waals surface area contributed by atoms with Gasteiger partial charge < -0.3 is 9.84 Å². The zero-order valence-corrected chi connectivity index (χ0v) is 11.5. The highest BCUT2D eigenvalue weighted by Gasteiger charge is 2.47. The molecular weight excluding hydrogens is 280 g/mol. The van der Waals surface area contributed by atoms with Crippen LogP contribution in [0.1, 0.15) is 24.3 Å². The lowest BCUT2D eigenvalue weighted by atomic mass is 9.91. The Morgan fingerprint density at radius 3 is 2.81 bits per heavy atom. The number of rotatable bonds is 3. The maximum atomic E-state index is 14.4. The summed E-state index contributed by atoms with van der Waals surface area (Å²) in [6, 6.07) is 0. The normalized spacial score (nSPS) is 17.1. The Kier molecular flexibility index (Phi) is 3.62. The molecule has 1 N–H and O–H groups in total. The first-order valence-electron chi connectivity index (χ1n) is 6.78. The number of aryl methyl sites for hydroxylation is 1. The van der Waals surface area contributed by atoms with Gasteiger partial charge in [-0.15, -0.1) is 0 Å². The second kappa shape index (κ2) is 5.44. The summed E-state index contributed by atoms with van der Waals surface area (Å²) in [6.45, 7) is 2.91. The third kappa shape index (κ3) is 2.63. The van der Waals surface area contributed by atoms with E-state index < -0.39 is 17.7 Å². The molecule has 0 spiro atoms. The van der Waals surface area contributed by atoms with Gasteiger partial charge in [0, 0.05) is 12.1 Å². The molecule has 1 aliphatic rings. The van der Waals surface area contributed by atoms with E-state index in [0.29, 0.717) is 37.2 Å². The Morgan fingerprint density at radius 1 is 1.33 bits per heavy atom. The standard InChI is InChI=1S/C13H15F2N5O/c1-8-6-17-7-18-10(8)11-19-12(21-20-11)13(14,15)9-2-4-16-5-3-9/h6-7,9,16H,2-5H2,1H3. The molecule has 0 radical (unpaired) electrons. The Morgan fingerprint density at radius 2 is 2.10 bits per heavy atom. The molecule has 1 fully saturated rings. The minimum absolute atomic E-state index is 0.0681. The Hall–Kier alpha value is -1.96. The van der Waals surface area contributed by atoms with Crippen molar-refractivity contribution < 1.29 is 13.3 Å². The molecule has 112 valence electrons. The van der Waals surface area contributed by atoms with Crippen LogP contribution in [0, 0.1) is 12.8 Å². The molecule has 6 nitrogen and oxygen atoms in total. The van der Waals surface area contributed by atoms with Crippen LogP contribution in [0.15, 0.2) is 17.0 Å². The maximum Gasteiger partial charge on any atom is 0.327 e. The van der Waals surface area contributed by atoms with Crippen molar-refractivity contribution in [3.63, 3.8) is 0 Å². The highest BCUT2D eigenvalue weighted by atomic mass is 19.3. The molecule has 1 aliphatic heterocycles. The SMILES string of the molecule is Cc1cncnc1-c1noc(C(F)(F)C2CCNCC2)n1. The van der Waals surface area contributed by atoms with Gasteiger partial charge in [0.25, 0.3) is 5.89 Å². The van der Waals surface area contributed by atoms with Crippen LogP contribution < -0.4 is 5.32 Å². The van der Waals surface area contributed by atoms with Gasteiger partial charge in [-0.25, -0.2) is 9.97 Å². The molecule has 2 aromatic rings. The number of piperidine rings is 1. The van der Waals surface area contributed by atoms with Gasteiger partial charge in [0.2, 0.25) is 5.82 Å². The number of alkyl halides is 2. The average molecular weight is 295 g/mol. The van der Waals surface area contributed by atoms with Crippen LogP contribution in [0.3, 0.4) is 0 Å². The van der Waals surface area contributed by atoms with Crippen LogP contribution >= 0.6 is 0 Å². The van der Waals surface area contributed by atoms with Gasteiger partial charge in [0.15, 0.2) is 0 Å². The van der Waals surface area contributed by atoms with E-state index in [0.717, 1.165) is 0 Å². The quantitative estimate of drug-likeness (QED) is 0.932. The fourth-order valence-corrected chi connectivity index (χ4v) is 2.45. The lowest BCUT2D eigenvalue weighted by molar-refractivity contribution is -0.0993. The highest BCUT2D eigenvalue weighted by Crippen LogP contribution is 2.40. The number of nitrogens with zero attached hydrogens (tertiary/aromatic N) is 4. The smallest absolute Gasteiger partial charge is 0.327 e. The summed E-state index contributed by atoms with van der Waals surface area (Å²) < 4.78 is 33.6.